The Balaban J connectivity index is 2.74. The van der Waals surface area contributed by atoms with Gasteiger partial charge in [0, 0.05) is 58.3 Å². The molecule has 12 heavy (non-hydrogen) atoms. The largest absolute Gasteiger partial charge is 0.354 e. The van der Waals surface area contributed by atoms with Gasteiger partial charge in [0.1, 0.15) is 0 Å². The molecule has 0 bridgehead atoms. The van der Waals surface area contributed by atoms with Crippen molar-refractivity contribution in [3.8, 4) is 0 Å². The predicted octanol–water partition coefficient (Wildman–Crippen LogP) is 1.21. The van der Waals surface area contributed by atoms with E-state index in [0.29, 0.717) is 0 Å². The van der Waals surface area contributed by atoms with Crippen molar-refractivity contribution in [2.24, 2.45) is 0 Å². The van der Waals surface area contributed by atoms with Crippen molar-refractivity contribution in [3.63, 3.8) is 0 Å². The Morgan fingerprint density at radius 2 is 0.667 bits per heavy atom. The van der Waals surface area contributed by atoms with Crippen LogP contribution in [0.1, 0.15) is 0 Å². The summed E-state index contributed by atoms with van der Waals surface area (Å²) in [4.78, 5) is 6.00. The summed E-state index contributed by atoms with van der Waals surface area (Å²) in [5.74, 6) is 0. The summed E-state index contributed by atoms with van der Waals surface area (Å²) in [7, 11) is 6.00. The van der Waals surface area contributed by atoms with E-state index in [0.717, 1.165) is 0 Å². The van der Waals surface area contributed by atoms with Crippen molar-refractivity contribution in [2.75, 3.05) is 21.1 Å². The van der Waals surface area contributed by atoms with Crippen molar-refractivity contribution in [1.82, 2.24) is 14.7 Å². The van der Waals surface area contributed by atoms with Gasteiger partial charge >= 0.3 is 0 Å². The minimum atomic E-state index is 2.00. The average molecular weight is 165 g/mol. The summed E-state index contributed by atoms with van der Waals surface area (Å²) < 4.78 is 0. The topological polar surface area (TPSA) is 9.72 Å². The van der Waals surface area contributed by atoms with Crippen molar-refractivity contribution >= 4 is 0 Å². The molecular formula is C9H15N3. The average Bonchev–Trinajstić information content (AvgIpc) is 2.11. The van der Waals surface area contributed by atoms with E-state index >= 15 is 0 Å². The van der Waals surface area contributed by atoms with Crippen LogP contribution in [0.5, 0.6) is 0 Å². The molecule has 0 aromatic rings. The summed E-state index contributed by atoms with van der Waals surface area (Å²) in [6.07, 6.45) is 12.0. The zero-order valence-electron chi connectivity index (χ0n) is 7.81. The van der Waals surface area contributed by atoms with Crippen molar-refractivity contribution in [1.29, 1.82) is 0 Å². The van der Waals surface area contributed by atoms with E-state index in [1.165, 1.54) is 0 Å². The maximum absolute atomic E-state index is 2.00. The van der Waals surface area contributed by atoms with Crippen LogP contribution in [0, 0.1) is 0 Å². The Morgan fingerprint density at radius 3 is 0.833 bits per heavy atom. The first-order valence-electron chi connectivity index (χ1n) is 3.89. The van der Waals surface area contributed by atoms with Crippen LogP contribution < -0.4 is 0 Å². The van der Waals surface area contributed by atoms with Crippen LogP contribution in [0.3, 0.4) is 0 Å². The fourth-order valence-corrected chi connectivity index (χ4v) is 0.780. The number of rotatable bonds is 0. The second kappa shape index (κ2) is 3.85. The van der Waals surface area contributed by atoms with Gasteiger partial charge in [-0.25, -0.2) is 0 Å². The Bertz CT molecular complexity index is 162. The molecule has 0 aliphatic carbocycles. The van der Waals surface area contributed by atoms with Crippen LogP contribution >= 0.6 is 0 Å². The van der Waals surface area contributed by atoms with Crippen molar-refractivity contribution < 1.29 is 0 Å². The lowest BCUT2D eigenvalue weighted by Gasteiger charge is -2.08. The SMILES string of the molecule is CN1/C=C\N(C)/C=C\N(C)/C=C\1. The zero-order valence-corrected chi connectivity index (χ0v) is 7.81. The third-order valence-corrected chi connectivity index (χ3v) is 1.61. The van der Waals surface area contributed by atoms with Crippen LogP contribution in [0.4, 0.5) is 0 Å². The standard InChI is InChI=1S/C9H15N3/c1-10-4-6-11(2)8-9-12(3)7-5-10/h4-9H,1-3H3/b6-4-,7-5-,9-8-. The summed E-state index contributed by atoms with van der Waals surface area (Å²) in [6.45, 7) is 0. The minimum Gasteiger partial charge on any atom is -0.354 e. The van der Waals surface area contributed by atoms with Gasteiger partial charge in [-0.2, -0.15) is 0 Å². The van der Waals surface area contributed by atoms with E-state index in [2.05, 4.69) is 0 Å². The number of hydrogen-bond acceptors (Lipinski definition) is 3. The van der Waals surface area contributed by atoms with Crippen LogP contribution in [0.2, 0.25) is 0 Å². The molecule has 0 fully saturated rings. The normalized spacial score (nSPS) is 25.8. The quantitative estimate of drug-likeness (QED) is 0.534. The van der Waals surface area contributed by atoms with Crippen LogP contribution in [-0.4, -0.2) is 35.8 Å². The smallest absolute Gasteiger partial charge is 0.0194 e. The monoisotopic (exact) mass is 165 g/mol. The van der Waals surface area contributed by atoms with E-state index in [-0.39, 0.29) is 0 Å². The molecule has 0 atom stereocenters. The molecule has 3 heteroatoms. The Kier molecular flexibility index (Phi) is 2.80. The molecule has 1 aliphatic rings. The van der Waals surface area contributed by atoms with Crippen LogP contribution in [0.15, 0.2) is 37.2 Å². The maximum atomic E-state index is 2.00. The van der Waals surface area contributed by atoms with Crippen molar-refractivity contribution in [3.05, 3.63) is 37.2 Å². The first-order valence-corrected chi connectivity index (χ1v) is 3.89. The number of hydrogen-bond donors (Lipinski definition) is 0. The molecule has 0 N–H and O–H groups in total. The molecule has 0 aromatic carbocycles. The molecular weight excluding hydrogens is 150 g/mol. The van der Waals surface area contributed by atoms with Gasteiger partial charge in [0.15, 0.2) is 0 Å². The number of nitrogens with zero attached hydrogens (tertiary/aromatic N) is 3. The lowest BCUT2D eigenvalue weighted by Crippen LogP contribution is -2.04. The Hall–Kier alpha value is -1.38. The highest BCUT2D eigenvalue weighted by Gasteiger charge is 1.90. The molecule has 0 aromatic heterocycles. The highest BCUT2D eigenvalue weighted by molar-refractivity contribution is 4.97. The molecule has 3 nitrogen and oxygen atoms in total. The van der Waals surface area contributed by atoms with Gasteiger partial charge in [-0.1, -0.05) is 0 Å². The molecule has 0 spiro atoms. The van der Waals surface area contributed by atoms with E-state index in [4.69, 9.17) is 0 Å². The molecule has 0 amide bonds. The molecule has 0 radical (unpaired) electrons. The summed E-state index contributed by atoms with van der Waals surface area (Å²) in [6, 6.07) is 0. The van der Waals surface area contributed by atoms with Gasteiger partial charge in [0.2, 0.25) is 0 Å². The summed E-state index contributed by atoms with van der Waals surface area (Å²) in [5, 5.41) is 0. The van der Waals surface area contributed by atoms with Gasteiger partial charge < -0.3 is 14.7 Å². The molecule has 0 unspecified atom stereocenters. The third-order valence-electron chi connectivity index (χ3n) is 1.61. The van der Waals surface area contributed by atoms with Crippen LogP contribution in [-0.2, 0) is 0 Å². The van der Waals surface area contributed by atoms with Gasteiger partial charge in [0.25, 0.3) is 0 Å². The molecule has 1 aliphatic heterocycles. The zero-order chi connectivity index (χ0) is 8.97. The summed E-state index contributed by atoms with van der Waals surface area (Å²) >= 11 is 0. The van der Waals surface area contributed by atoms with Gasteiger partial charge in [-0.15, -0.1) is 0 Å². The Morgan fingerprint density at radius 1 is 0.500 bits per heavy atom. The minimum absolute atomic E-state index is 2.00. The maximum Gasteiger partial charge on any atom is 0.0194 e. The highest BCUT2D eigenvalue weighted by Crippen LogP contribution is 1.97. The summed E-state index contributed by atoms with van der Waals surface area (Å²) in [5.41, 5.74) is 0. The predicted molar refractivity (Wildman–Crippen MR) is 50.7 cm³/mol. The van der Waals surface area contributed by atoms with E-state index < -0.39 is 0 Å². The van der Waals surface area contributed by atoms with Gasteiger partial charge in [-0.3, -0.25) is 0 Å². The lowest BCUT2D eigenvalue weighted by molar-refractivity contribution is 0.573. The van der Waals surface area contributed by atoms with Gasteiger partial charge in [0.05, 0.1) is 0 Å². The fourth-order valence-electron chi connectivity index (χ4n) is 0.780. The lowest BCUT2D eigenvalue weighted by atomic mass is 10.7. The molecule has 1 heterocycles. The molecule has 66 valence electrons. The van der Waals surface area contributed by atoms with Gasteiger partial charge in [-0.05, 0) is 0 Å². The molecule has 0 saturated heterocycles. The highest BCUT2D eigenvalue weighted by atomic mass is 15.2. The first kappa shape index (κ1) is 8.71. The molecule has 0 saturated carbocycles. The second-order valence-electron chi connectivity index (χ2n) is 2.89. The van der Waals surface area contributed by atoms with E-state index in [1.54, 1.807) is 0 Å². The van der Waals surface area contributed by atoms with Crippen LogP contribution in [0.25, 0.3) is 0 Å². The van der Waals surface area contributed by atoms with E-state index in [9.17, 15) is 0 Å². The second-order valence-corrected chi connectivity index (χ2v) is 2.89. The first-order chi connectivity index (χ1) is 5.68. The Labute approximate surface area is 73.9 Å². The van der Waals surface area contributed by atoms with Crippen molar-refractivity contribution in [2.45, 2.75) is 0 Å². The van der Waals surface area contributed by atoms with E-state index in [1.807, 2.05) is 73.0 Å². The third kappa shape index (κ3) is 2.70. The molecule has 1 rings (SSSR count). The fraction of sp³-hybridized carbons (Fsp3) is 0.333.